The van der Waals surface area contributed by atoms with E-state index in [0.717, 1.165) is 16.9 Å². The van der Waals surface area contributed by atoms with Gasteiger partial charge in [-0.1, -0.05) is 17.7 Å². The Labute approximate surface area is 181 Å². The summed E-state index contributed by atoms with van der Waals surface area (Å²) in [5, 5.41) is 3.16. The molecule has 1 aromatic heterocycles. The number of nitrogens with one attached hydrogen (secondary N) is 1. The lowest BCUT2D eigenvalue weighted by molar-refractivity contribution is 0.382. The second-order valence-electron chi connectivity index (χ2n) is 7.53. The number of sulfonamides is 1. The average Bonchev–Trinajstić information content (AvgIpc) is 2.75. The van der Waals surface area contributed by atoms with Gasteiger partial charge in [0.05, 0.1) is 4.90 Å². The van der Waals surface area contributed by atoms with Gasteiger partial charge in [-0.15, -0.1) is 0 Å². The molecule has 0 bridgehead atoms. The lowest BCUT2D eigenvalue weighted by Crippen LogP contribution is -2.49. The van der Waals surface area contributed by atoms with Crippen molar-refractivity contribution in [2.75, 3.05) is 36.4 Å². The minimum Gasteiger partial charge on any atom is -0.340 e. The van der Waals surface area contributed by atoms with Crippen molar-refractivity contribution in [2.24, 2.45) is 0 Å². The number of nitrogens with zero attached hydrogens (tertiary/aromatic N) is 4. The standard InChI is InChI=1S/C22H24FN5O2S/c1-16-3-9-20(10-4-16)31(29,30)28-13-11-27(12-14-28)22-24-17(2)15-21(26-22)25-19-7-5-18(23)6-8-19/h3-10,15H,11-14H2,1-2H3,(H,24,25,26). The van der Waals surface area contributed by atoms with Crippen molar-refractivity contribution in [3.63, 3.8) is 0 Å². The maximum atomic E-state index is 13.1. The van der Waals surface area contributed by atoms with Gasteiger partial charge in [-0.3, -0.25) is 0 Å². The molecule has 1 aliphatic rings. The predicted molar refractivity (Wildman–Crippen MR) is 119 cm³/mol. The first kappa shape index (κ1) is 21.2. The number of piperazine rings is 1. The van der Waals surface area contributed by atoms with Crippen LogP contribution in [0, 0.1) is 19.7 Å². The van der Waals surface area contributed by atoms with Gasteiger partial charge in [0, 0.05) is 43.6 Å². The Balaban J connectivity index is 1.46. The van der Waals surface area contributed by atoms with Gasteiger partial charge in [0.25, 0.3) is 0 Å². The van der Waals surface area contributed by atoms with Gasteiger partial charge in [-0.05, 0) is 50.2 Å². The normalized spacial score (nSPS) is 15.1. The Morgan fingerprint density at radius 2 is 1.55 bits per heavy atom. The first-order chi connectivity index (χ1) is 14.8. The highest BCUT2D eigenvalue weighted by Gasteiger charge is 2.29. The van der Waals surface area contributed by atoms with Gasteiger partial charge in [-0.2, -0.15) is 9.29 Å². The summed E-state index contributed by atoms with van der Waals surface area (Å²) in [7, 11) is -3.52. The highest BCUT2D eigenvalue weighted by Crippen LogP contribution is 2.22. The second kappa shape index (κ2) is 8.60. The van der Waals surface area contributed by atoms with Crippen molar-refractivity contribution in [1.82, 2.24) is 14.3 Å². The molecular formula is C22H24FN5O2S. The Morgan fingerprint density at radius 1 is 0.903 bits per heavy atom. The third kappa shape index (κ3) is 4.83. The summed E-state index contributed by atoms with van der Waals surface area (Å²) in [6.07, 6.45) is 0. The SMILES string of the molecule is Cc1ccc(S(=O)(=O)N2CCN(c3nc(C)cc(Nc4ccc(F)cc4)n3)CC2)cc1. The predicted octanol–water partition coefficient (Wildman–Crippen LogP) is 3.49. The third-order valence-electron chi connectivity index (χ3n) is 5.14. The van der Waals surface area contributed by atoms with Crippen molar-refractivity contribution in [2.45, 2.75) is 18.7 Å². The van der Waals surface area contributed by atoms with Crippen LogP contribution in [0.1, 0.15) is 11.3 Å². The molecule has 4 rings (SSSR count). The zero-order valence-corrected chi connectivity index (χ0v) is 18.2. The molecule has 1 aliphatic heterocycles. The largest absolute Gasteiger partial charge is 0.340 e. The van der Waals surface area contributed by atoms with Gasteiger partial charge >= 0.3 is 0 Å². The quantitative estimate of drug-likeness (QED) is 0.653. The number of hydrogen-bond donors (Lipinski definition) is 1. The van der Waals surface area contributed by atoms with Crippen molar-refractivity contribution in [1.29, 1.82) is 0 Å². The van der Waals surface area contributed by atoms with Gasteiger partial charge in [-0.25, -0.2) is 17.8 Å². The molecule has 0 unspecified atom stereocenters. The summed E-state index contributed by atoms with van der Waals surface area (Å²) in [5.41, 5.74) is 2.52. The van der Waals surface area contributed by atoms with Crippen LogP contribution >= 0.6 is 0 Å². The number of hydrogen-bond acceptors (Lipinski definition) is 6. The number of halogens is 1. The smallest absolute Gasteiger partial charge is 0.243 e. The highest BCUT2D eigenvalue weighted by atomic mass is 32.2. The molecule has 9 heteroatoms. The fourth-order valence-corrected chi connectivity index (χ4v) is 4.85. The fraction of sp³-hybridized carbons (Fsp3) is 0.273. The van der Waals surface area contributed by atoms with Crippen LogP contribution in [0.3, 0.4) is 0 Å². The molecule has 1 saturated heterocycles. The van der Waals surface area contributed by atoms with Crippen molar-refractivity contribution in [3.05, 3.63) is 71.7 Å². The van der Waals surface area contributed by atoms with Crippen LogP contribution in [0.4, 0.5) is 21.8 Å². The monoisotopic (exact) mass is 441 g/mol. The topological polar surface area (TPSA) is 78.4 Å². The third-order valence-corrected chi connectivity index (χ3v) is 7.05. The number of rotatable bonds is 5. The van der Waals surface area contributed by atoms with Crippen LogP contribution in [-0.4, -0.2) is 48.9 Å². The molecule has 0 radical (unpaired) electrons. The van der Waals surface area contributed by atoms with Crippen LogP contribution in [0.15, 0.2) is 59.5 Å². The van der Waals surface area contributed by atoms with Crippen LogP contribution in [0.5, 0.6) is 0 Å². The molecule has 2 heterocycles. The molecule has 1 fully saturated rings. The highest BCUT2D eigenvalue weighted by molar-refractivity contribution is 7.89. The van der Waals surface area contributed by atoms with Gasteiger partial charge < -0.3 is 10.2 Å². The van der Waals surface area contributed by atoms with E-state index in [1.54, 1.807) is 36.4 Å². The number of aromatic nitrogens is 2. The number of anilines is 3. The van der Waals surface area contributed by atoms with Crippen molar-refractivity contribution in [3.8, 4) is 0 Å². The molecule has 0 amide bonds. The maximum absolute atomic E-state index is 13.1. The molecule has 0 spiro atoms. The summed E-state index contributed by atoms with van der Waals surface area (Å²) in [4.78, 5) is 11.4. The van der Waals surface area contributed by atoms with E-state index in [1.165, 1.54) is 16.4 Å². The summed E-state index contributed by atoms with van der Waals surface area (Å²) < 4.78 is 40.5. The minimum atomic E-state index is -3.52. The summed E-state index contributed by atoms with van der Waals surface area (Å²) in [6, 6.07) is 14.8. The molecule has 7 nitrogen and oxygen atoms in total. The molecule has 0 atom stereocenters. The molecule has 1 N–H and O–H groups in total. The first-order valence-electron chi connectivity index (χ1n) is 10.0. The molecular weight excluding hydrogens is 417 g/mol. The van der Waals surface area contributed by atoms with E-state index in [9.17, 15) is 12.8 Å². The number of benzene rings is 2. The maximum Gasteiger partial charge on any atom is 0.243 e. The van der Waals surface area contributed by atoms with E-state index in [0.29, 0.717) is 42.8 Å². The van der Waals surface area contributed by atoms with Crippen LogP contribution in [0.2, 0.25) is 0 Å². The first-order valence-corrected chi connectivity index (χ1v) is 11.5. The Hall–Kier alpha value is -3.04. The molecule has 0 saturated carbocycles. The van der Waals surface area contributed by atoms with Crippen LogP contribution in [0.25, 0.3) is 0 Å². The lowest BCUT2D eigenvalue weighted by Gasteiger charge is -2.34. The summed E-state index contributed by atoms with van der Waals surface area (Å²) >= 11 is 0. The van der Waals surface area contributed by atoms with E-state index in [1.807, 2.05) is 24.8 Å². The van der Waals surface area contributed by atoms with E-state index < -0.39 is 10.0 Å². The molecule has 0 aliphatic carbocycles. The Morgan fingerprint density at radius 3 is 2.19 bits per heavy atom. The van der Waals surface area contributed by atoms with Crippen molar-refractivity contribution < 1.29 is 12.8 Å². The van der Waals surface area contributed by atoms with Crippen LogP contribution < -0.4 is 10.2 Å². The summed E-state index contributed by atoms with van der Waals surface area (Å²) in [6.45, 7) is 5.49. The molecule has 31 heavy (non-hydrogen) atoms. The molecule has 3 aromatic rings. The Kier molecular flexibility index (Phi) is 5.88. The zero-order chi connectivity index (χ0) is 22.0. The average molecular weight is 442 g/mol. The van der Waals surface area contributed by atoms with E-state index in [-0.39, 0.29) is 5.82 Å². The van der Waals surface area contributed by atoms with E-state index in [4.69, 9.17) is 0 Å². The van der Waals surface area contributed by atoms with Gasteiger partial charge in [0.2, 0.25) is 16.0 Å². The fourth-order valence-electron chi connectivity index (χ4n) is 3.43. The number of aryl methyl sites for hydroxylation is 2. The molecule has 162 valence electrons. The molecule has 2 aromatic carbocycles. The van der Waals surface area contributed by atoms with Gasteiger partial charge in [0.15, 0.2) is 0 Å². The lowest BCUT2D eigenvalue weighted by atomic mass is 10.2. The van der Waals surface area contributed by atoms with Crippen LogP contribution in [-0.2, 0) is 10.0 Å². The second-order valence-corrected chi connectivity index (χ2v) is 9.47. The summed E-state index contributed by atoms with van der Waals surface area (Å²) in [5.74, 6) is 0.837. The van der Waals surface area contributed by atoms with Crippen molar-refractivity contribution >= 4 is 27.5 Å². The Bertz CT molecular complexity index is 1160. The minimum absolute atomic E-state index is 0.302. The van der Waals surface area contributed by atoms with E-state index in [2.05, 4.69) is 15.3 Å². The van der Waals surface area contributed by atoms with Gasteiger partial charge in [0.1, 0.15) is 11.6 Å². The van der Waals surface area contributed by atoms with E-state index >= 15 is 0 Å². The zero-order valence-electron chi connectivity index (χ0n) is 17.4.